The van der Waals surface area contributed by atoms with Gasteiger partial charge in [0, 0.05) is 25.3 Å². The number of likely N-dealkylation sites (tertiary alicyclic amines) is 1. The van der Waals surface area contributed by atoms with Gasteiger partial charge < -0.3 is 10.2 Å². The summed E-state index contributed by atoms with van der Waals surface area (Å²) in [5, 5.41) is 3.15. The minimum absolute atomic E-state index is 0.195. The zero-order valence-electron chi connectivity index (χ0n) is 11.1. The van der Waals surface area contributed by atoms with E-state index in [1.807, 2.05) is 7.05 Å². The van der Waals surface area contributed by atoms with E-state index in [1.54, 1.807) is 4.90 Å². The fourth-order valence-electron chi connectivity index (χ4n) is 2.24. The lowest BCUT2D eigenvalue weighted by atomic mass is 10.0. The lowest BCUT2D eigenvalue weighted by Gasteiger charge is -2.31. The van der Waals surface area contributed by atoms with Crippen molar-refractivity contribution in [3.63, 3.8) is 0 Å². The Labute approximate surface area is 115 Å². The molecular weight excluding hydrogens is 271 g/mol. The number of hydrogen-bond acceptors (Lipinski definition) is 3. The van der Waals surface area contributed by atoms with E-state index in [4.69, 9.17) is 0 Å². The van der Waals surface area contributed by atoms with Crippen molar-refractivity contribution in [1.29, 1.82) is 0 Å². The van der Waals surface area contributed by atoms with Crippen LogP contribution in [0.15, 0.2) is 18.3 Å². The second kappa shape index (κ2) is 5.78. The molecule has 4 nitrogen and oxygen atoms in total. The maximum absolute atomic E-state index is 12.4. The molecule has 1 aromatic rings. The molecule has 0 aromatic carbocycles. The third-order valence-corrected chi connectivity index (χ3v) is 3.49. The molecule has 0 bridgehead atoms. The summed E-state index contributed by atoms with van der Waals surface area (Å²) in [6.45, 7) is 1.21. The number of carbonyl (C=O) groups excluding carboxylic acids is 1. The predicted molar refractivity (Wildman–Crippen MR) is 67.2 cm³/mol. The Bertz CT molecular complexity index is 465. The molecule has 7 heteroatoms. The van der Waals surface area contributed by atoms with Crippen molar-refractivity contribution < 1.29 is 18.0 Å². The van der Waals surface area contributed by atoms with Crippen LogP contribution in [0.2, 0.25) is 0 Å². The number of alkyl halides is 3. The van der Waals surface area contributed by atoms with Crippen molar-refractivity contribution in [3.05, 3.63) is 29.6 Å². The van der Waals surface area contributed by atoms with Crippen LogP contribution in [0, 0.1) is 0 Å². The Morgan fingerprint density at radius 1 is 1.35 bits per heavy atom. The Hall–Kier alpha value is -1.63. The van der Waals surface area contributed by atoms with Gasteiger partial charge in [-0.15, -0.1) is 0 Å². The van der Waals surface area contributed by atoms with E-state index in [1.165, 1.54) is 6.07 Å². The summed E-state index contributed by atoms with van der Waals surface area (Å²) < 4.78 is 37.2. The Morgan fingerprint density at radius 2 is 2.00 bits per heavy atom. The van der Waals surface area contributed by atoms with Gasteiger partial charge in [-0.2, -0.15) is 13.2 Å². The highest BCUT2D eigenvalue weighted by molar-refractivity contribution is 5.94. The highest BCUT2D eigenvalue weighted by Gasteiger charge is 2.32. The molecule has 0 atom stereocenters. The van der Waals surface area contributed by atoms with Crippen LogP contribution in [-0.2, 0) is 6.18 Å². The van der Waals surface area contributed by atoms with Gasteiger partial charge in [0.05, 0.1) is 5.56 Å². The van der Waals surface area contributed by atoms with Crippen molar-refractivity contribution in [2.45, 2.75) is 25.1 Å². The van der Waals surface area contributed by atoms with Gasteiger partial charge in [-0.1, -0.05) is 0 Å². The molecule has 1 aliphatic rings. The third-order valence-electron chi connectivity index (χ3n) is 3.49. The van der Waals surface area contributed by atoms with E-state index in [2.05, 4.69) is 10.3 Å². The highest BCUT2D eigenvalue weighted by Crippen LogP contribution is 2.27. The molecule has 20 heavy (non-hydrogen) atoms. The molecule has 1 fully saturated rings. The lowest BCUT2D eigenvalue weighted by Crippen LogP contribution is -2.44. The number of rotatable bonds is 2. The van der Waals surface area contributed by atoms with Crippen LogP contribution in [0.1, 0.15) is 28.9 Å². The normalized spacial score (nSPS) is 17.3. The van der Waals surface area contributed by atoms with Crippen LogP contribution >= 0.6 is 0 Å². The molecular formula is C13H16F3N3O. The molecule has 0 radical (unpaired) electrons. The summed E-state index contributed by atoms with van der Waals surface area (Å²) in [7, 11) is 1.88. The molecule has 1 N–H and O–H groups in total. The second-order valence-corrected chi connectivity index (χ2v) is 4.79. The quantitative estimate of drug-likeness (QED) is 0.904. The summed E-state index contributed by atoms with van der Waals surface area (Å²) in [4.78, 5) is 17.1. The first kappa shape index (κ1) is 14.8. The molecule has 1 amide bonds. The number of carbonyl (C=O) groups is 1. The third kappa shape index (κ3) is 3.27. The average molecular weight is 287 g/mol. The van der Waals surface area contributed by atoms with Gasteiger partial charge in [0.2, 0.25) is 0 Å². The van der Waals surface area contributed by atoms with Crippen molar-refractivity contribution in [2.75, 3.05) is 20.1 Å². The number of nitrogens with zero attached hydrogens (tertiary/aromatic N) is 2. The van der Waals surface area contributed by atoms with Crippen molar-refractivity contribution in [3.8, 4) is 0 Å². The van der Waals surface area contributed by atoms with E-state index < -0.39 is 11.9 Å². The first-order chi connectivity index (χ1) is 9.41. The van der Waals surface area contributed by atoms with Gasteiger partial charge >= 0.3 is 6.18 Å². The number of halogens is 3. The summed E-state index contributed by atoms with van der Waals surface area (Å²) >= 11 is 0. The van der Waals surface area contributed by atoms with Crippen molar-refractivity contribution in [2.24, 2.45) is 0 Å². The SMILES string of the molecule is CNC1CCN(C(=O)c2ccc(C(F)(F)F)nc2)CC1. The van der Waals surface area contributed by atoms with E-state index in [-0.39, 0.29) is 11.5 Å². The van der Waals surface area contributed by atoms with Crippen LogP contribution in [0.3, 0.4) is 0 Å². The Balaban J connectivity index is 2.03. The van der Waals surface area contributed by atoms with Crippen molar-refractivity contribution in [1.82, 2.24) is 15.2 Å². The zero-order chi connectivity index (χ0) is 14.8. The van der Waals surface area contributed by atoms with E-state index in [0.717, 1.165) is 25.1 Å². The number of aromatic nitrogens is 1. The number of pyridine rings is 1. The van der Waals surface area contributed by atoms with Gasteiger partial charge in [0.1, 0.15) is 5.69 Å². The number of amides is 1. The fraction of sp³-hybridized carbons (Fsp3) is 0.538. The molecule has 0 saturated carbocycles. The zero-order valence-corrected chi connectivity index (χ0v) is 11.1. The standard InChI is InChI=1S/C13H16F3N3O/c1-17-10-4-6-19(7-5-10)12(20)9-2-3-11(18-8-9)13(14,15)16/h2-3,8,10,17H,4-7H2,1H3. The Morgan fingerprint density at radius 3 is 2.45 bits per heavy atom. The molecule has 2 heterocycles. The molecule has 1 aromatic heterocycles. The van der Waals surface area contributed by atoms with Crippen LogP contribution in [0.5, 0.6) is 0 Å². The number of hydrogen-bond donors (Lipinski definition) is 1. The smallest absolute Gasteiger partial charge is 0.338 e. The number of nitrogens with one attached hydrogen (secondary N) is 1. The van der Waals surface area contributed by atoms with Crippen molar-refractivity contribution >= 4 is 5.91 Å². The summed E-state index contributed by atoms with van der Waals surface area (Å²) in [5.74, 6) is -0.263. The largest absolute Gasteiger partial charge is 0.433 e. The topological polar surface area (TPSA) is 45.2 Å². The van der Waals surface area contributed by atoms with Gasteiger partial charge in [-0.05, 0) is 32.0 Å². The highest BCUT2D eigenvalue weighted by atomic mass is 19.4. The fourth-order valence-corrected chi connectivity index (χ4v) is 2.24. The maximum atomic E-state index is 12.4. The average Bonchev–Trinajstić information content (AvgIpc) is 2.46. The van der Waals surface area contributed by atoms with Crippen LogP contribution in [0.4, 0.5) is 13.2 Å². The van der Waals surface area contributed by atoms with E-state index in [9.17, 15) is 18.0 Å². The first-order valence-corrected chi connectivity index (χ1v) is 6.41. The van der Waals surface area contributed by atoms with Crippen LogP contribution in [0.25, 0.3) is 0 Å². The molecule has 0 unspecified atom stereocenters. The van der Waals surface area contributed by atoms with Crippen LogP contribution in [-0.4, -0.2) is 42.0 Å². The summed E-state index contributed by atoms with van der Waals surface area (Å²) in [6.07, 6.45) is -1.80. The maximum Gasteiger partial charge on any atom is 0.433 e. The Kier molecular flexibility index (Phi) is 4.27. The van der Waals surface area contributed by atoms with Gasteiger partial charge in [-0.3, -0.25) is 9.78 Å². The molecule has 2 rings (SSSR count). The molecule has 0 spiro atoms. The molecule has 110 valence electrons. The molecule has 1 aliphatic heterocycles. The predicted octanol–water partition coefficient (Wildman–Crippen LogP) is 1.92. The number of piperidine rings is 1. The van der Waals surface area contributed by atoms with Gasteiger partial charge in [0.25, 0.3) is 5.91 Å². The second-order valence-electron chi connectivity index (χ2n) is 4.79. The summed E-state index contributed by atoms with van der Waals surface area (Å²) in [5.41, 5.74) is -0.788. The van der Waals surface area contributed by atoms with Crippen LogP contribution < -0.4 is 5.32 Å². The lowest BCUT2D eigenvalue weighted by molar-refractivity contribution is -0.141. The minimum Gasteiger partial charge on any atom is -0.338 e. The van der Waals surface area contributed by atoms with E-state index >= 15 is 0 Å². The first-order valence-electron chi connectivity index (χ1n) is 6.41. The minimum atomic E-state index is -4.48. The van der Waals surface area contributed by atoms with Gasteiger partial charge in [0.15, 0.2) is 0 Å². The monoisotopic (exact) mass is 287 g/mol. The molecule has 0 aliphatic carbocycles. The summed E-state index contributed by atoms with van der Waals surface area (Å²) in [6, 6.07) is 2.42. The van der Waals surface area contributed by atoms with Gasteiger partial charge in [-0.25, -0.2) is 0 Å². The van der Waals surface area contributed by atoms with E-state index in [0.29, 0.717) is 19.1 Å². The molecule has 1 saturated heterocycles.